The van der Waals surface area contributed by atoms with Gasteiger partial charge in [-0.25, -0.2) is 0 Å². The maximum Gasteiger partial charge on any atom is 0.416 e. The highest BCUT2D eigenvalue weighted by atomic mass is 19.4. The van der Waals surface area contributed by atoms with Gasteiger partial charge in [-0.1, -0.05) is 0 Å². The summed E-state index contributed by atoms with van der Waals surface area (Å²) in [5.74, 6) is 0.370. The number of amides is 1. The Kier molecular flexibility index (Phi) is 7.29. The van der Waals surface area contributed by atoms with Crippen LogP contribution in [0.3, 0.4) is 0 Å². The Morgan fingerprint density at radius 3 is 1.50 bits per heavy atom. The molecule has 0 aliphatic rings. The third-order valence-electron chi connectivity index (χ3n) is 5.23. The summed E-state index contributed by atoms with van der Waals surface area (Å²) in [6.07, 6.45) is -4.41. The molecule has 0 fully saturated rings. The summed E-state index contributed by atoms with van der Waals surface area (Å²) in [4.78, 5) is 12.3. The van der Waals surface area contributed by atoms with Crippen LogP contribution in [-0.4, -0.2) is 13.0 Å². The average molecular weight is 493 g/mol. The smallest absolute Gasteiger partial charge is 0.416 e. The van der Waals surface area contributed by atoms with Gasteiger partial charge in [-0.2, -0.15) is 13.2 Å². The van der Waals surface area contributed by atoms with Crippen LogP contribution >= 0.6 is 0 Å². The van der Waals surface area contributed by atoms with Crippen LogP contribution < -0.4 is 26.2 Å². The van der Waals surface area contributed by atoms with Crippen molar-refractivity contribution in [2.45, 2.75) is 6.18 Å². The van der Waals surface area contributed by atoms with Gasteiger partial charge in [0.25, 0.3) is 5.91 Å². The van der Waals surface area contributed by atoms with Crippen molar-refractivity contribution in [1.82, 2.24) is 5.43 Å². The fraction of sp³-hybridized carbons (Fsp3) is 0.0741. The van der Waals surface area contributed by atoms with Crippen molar-refractivity contribution < 1.29 is 22.7 Å². The van der Waals surface area contributed by atoms with E-state index in [0.29, 0.717) is 11.3 Å². The summed E-state index contributed by atoms with van der Waals surface area (Å²) in [5.41, 5.74) is 8.58. The molecule has 0 saturated heterocycles. The average Bonchev–Trinajstić information content (AvgIpc) is 2.89. The standard InChI is InChI=1S/C27H23F3N4O2/c1-36-25-16-14-23(15-17-25)32-22-12-10-21(11-13-22)31-20-6-2-18(3-7-20)26(35)34-33-24-8-4-19(5-9-24)27(28,29)30/h2-17,31-33H,1H3,(H,34,35). The molecule has 0 heterocycles. The van der Waals surface area contributed by atoms with Gasteiger partial charge in [-0.05, 0) is 97.1 Å². The fourth-order valence-electron chi connectivity index (χ4n) is 3.29. The minimum absolute atomic E-state index is 0.333. The van der Waals surface area contributed by atoms with Gasteiger partial charge in [0, 0.05) is 28.3 Å². The Morgan fingerprint density at radius 1 is 0.639 bits per heavy atom. The van der Waals surface area contributed by atoms with E-state index in [4.69, 9.17) is 4.74 Å². The summed E-state index contributed by atoms with van der Waals surface area (Å²) >= 11 is 0. The highest BCUT2D eigenvalue weighted by molar-refractivity contribution is 5.95. The molecule has 0 bridgehead atoms. The monoisotopic (exact) mass is 492 g/mol. The first-order valence-electron chi connectivity index (χ1n) is 10.9. The zero-order valence-electron chi connectivity index (χ0n) is 19.2. The number of methoxy groups -OCH3 is 1. The van der Waals surface area contributed by atoms with Gasteiger partial charge in [0.15, 0.2) is 0 Å². The highest BCUT2D eigenvalue weighted by Gasteiger charge is 2.29. The second-order valence-corrected chi connectivity index (χ2v) is 7.79. The number of hydrazine groups is 1. The molecule has 0 radical (unpaired) electrons. The van der Waals surface area contributed by atoms with Crippen molar-refractivity contribution in [2.24, 2.45) is 0 Å². The SMILES string of the molecule is COc1ccc(Nc2ccc(Nc3ccc(C(=O)NNc4ccc(C(F)(F)F)cc4)cc3)cc2)cc1. The quantitative estimate of drug-likeness (QED) is 0.200. The van der Waals surface area contributed by atoms with Crippen LogP contribution in [0.1, 0.15) is 15.9 Å². The molecule has 0 aliphatic carbocycles. The lowest BCUT2D eigenvalue weighted by molar-refractivity contribution is -0.137. The predicted octanol–water partition coefficient (Wildman–Crippen LogP) is 6.96. The number of hydrogen-bond donors (Lipinski definition) is 4. The van der Waals surface area contributed by atoms with Crippen molar-refractivity contribution >= 4 is 34.3 Å². The lowest BCUT2D eigenvalue weighted by Gasteiger charge is -2.12. The van der Waals surface area contributed by atoms with Gasteiger partial charge in [-0.3, -0.25) is 15.6 Å². The maximum atomic E-state index is 12.6. The molecule has 0 aromatic heterocycles. The topological polar surface area (TPSA) is 74.4 Å². The van der Waals surface area contributed by atoms with Crippen LogP contribution in [0.5, 0.6) is 5.75 Å². The fourth-order valence-corrected chi connectivity index (χ4v) is 3.29. The predicted molar refractivity (Wildman–Crippen MR) is 135 cm³/mol. The molecule has 0 atom stereocenters. The lowest BCUT2D eigenvalue weighted by atomic mass is 10.2. The lowest BCUT2D eigenvalue weighted by Crippen LogP contribution is -2.29. The van der Waals surface area contributed by atoms with Gasteiger partial charge in [-0.15, -0.1) is 0 Å². The summed E-state index contributed by atoms with van der Waals surface area (Å²) < 4.78 is 43.1. The Bertz CT molecular complexity index is 1290. The zero-order valence-corrected chi connectivity index (χ0v) is 19.2. The van der Waals surface area contributed by atoms with E-state index in [2.05, 4.69) is 21.5 Å². The van der Waals surface area contributed by atoms with Crippen LogP contribution in [0.2, 0.25) is 0 Å². The number of anilines is 5. The molecule has 0 spiro atoms. The van der Waals surface area contributed by atoms with Crippen molar-refractivity contribution in [3.63, 3.8) is 0 Å². The van der Waals surface area contributed by atoms with E-state index in [9.17, 15) is 18.0 Å². The molecule has 6 nitrogen and oxygen atoms in total. The van der Waals surface area contributed by atoms with Crippen molar-refractivity contribution in [3.8, 4) is 5.75 Å². The van der Waals surface area contributed by atoms with Crippen molar-refractivity contribution in [3.05, 3.63) is 108 Å². The van der Waals surface area contributed by atoms with E-state index in [1.807, 2.05) is 48.5 Å². The summed E-state index contributed by atoms with van der Waals surface area (Å²) in [6, 6.07) is 26.6. The molecule has 1 amide bonds. The van der Waals surface area contributed by atoms with E-state index < -0.39 is 17.6 Å². The number of carbonyl (C=O) groups is 1. The van der Waals surface area contributed by atoms with Crippen LogP contribution in [0, 0.1) is 0 Å². The number of halogens is 3. The van der Waals surface area contributed by atoms with E-state index in [0.717, 1.165) is 40.6 Å². The Hall–Kier alpha value is -4.66. The molecule has 4 N–H and O–H groups in total. The second kappa shape index (κ2) is 10.7. The molecule has 4 aromatic carbocycles. The van der Waals surface area contributed by atoms with Crippen molar-refractivity contribution in [2.75, 3.05) is 23.2 Å². The molecule has 36 heavy (non-hydrogen) atoms. The first kappa shape index (κ1) is 24.5. The Morgan fingerprint density at radius 2 is 1.06 bits per heavy atom. The number of nitrogens with one attached hydrogen (secondary N) is 4. The molecule has 0 aliphatic heterocycles. The summed E-state index contributed by atoms with van der Waals surface area (Å²) in [6.45, 7) is 0. The number of hydrogen-bond acceptors (Lipinski definition) is 5. The molecule has 4 aromatic rings. The molecule has 9 heteroatoms. The molecule has 184 valence electrons. The molecular weight excluding hydrogens is 469 g/mol. The molecular formula is C27H23F3N4O2. The third-order valence-corrected chi connectivity index (χ3v) is 5.23. The van der Waals surface area contributed by atoms with Gasteiger partial charge < -0.3 is 15.4 Å². The first-order valence-corrected chi connectivity index (χ1v) is 10.9. The number of rotatable bonds is 8. The number of carbonyl (C=O) groups excluding carboxylic acids is 1. The highest BCUT2D eigenvalue weighted by Crippen LogP contribution is 2.29. The molecule has 0 unspecified atom stereocenters. The molecule has 0 saturated carbocycles. The summed E-state index contributed by atoms with van der Waals surface area (Å²) in [7, 11) is 1.63. The van der Waals surface area contributed by atoms with Gasteiger partial charge in [0.1, 0.15) is 5.75 Å². The Balaban J connectivity index is 1.29. The minimum atomic E-state index is -4.41. The third kappa shape index (κ3) is 6.47. The van der Waals surface area contributed by atoms with Crippen molar-refractivity contribution in [1.29, 1.82) is 0 Å². The van der Waals surface area contributed by atoms with Crippen LogP contribution in [0.25, 0.3) is 0 Å². The molecule has 4 rings (SSSR count). The number of alkyl halides is 3. The number of ether oxygens (including phenoxy) is 1. The zero-order chi connectivity index (χ0) is 25.5. The van der Waals surface area contributed by atoms with Crippen LogP contribution in [0.15, 0.2) is 97.1 Å². The van der Waals surface area contributed by atoms with E-state index in [1.54, 1.807) is 31.4 Å². The van der Waals surface area contributed by atoms with Gasteiger partial charge >= 0.3 is 6.18 Å². The number of benzene rings is 4. The van der Waals surface area contributed by atoms with E-state index in [-0.39, 0.29) is 0 Å². The first-order chi connectivity index (χ1) is 17.3. The largest absolute Gasteiger partial charge is 0.497 e. The van der Waals surface area contributed by atoms with Crippen LogP contribution in [-0.2, 0) is 6.18 Å². The normalized spacial score (nSPS) is 10.9. The van der Waals surface area contributed by atoms with E-state index in [1.165, 1.54) is 12.1 Å². The van der Waals surface area contributed by atoms with Crippen LogP contribution in [0.4, 0.5) is 41.6 Å². The maximum absolute atomic E-state index is 12.6. The minimum Gasteiger partial charge on any atom is -0.497 e. The Labute approximate surface area is 206 Å². The van der Waals surface area contributed by atoms with Gasteiger partial charge in [0.2, 0.25) is 0 Å². The second-order valence-electron chi connectivity index (χ2n) is 7.79. The van der Waals surface area contributed by atoms with Gasteiger partial charge in [0.05, 0.1) is 18.4 Å². The van der Waals surface area contributed by atoms with E-state index >= 15 is 0 Å². The summed E-state index contributed by atoms with van der Waals surface area (Å²) in [5, 5.41) is 6.58.